The number of imidazole rings is 1. The Morgan fingerprint density at radius 3 is 3.10 bits per heavy atom. The molecule has 0 aliphatic heterocycles. The summed E-state index contributed by atoms with van der Waals surface area (Å²) in [6.07, 6.45) is 4.88. The average Bonchev–Trinajstić information content (AvgIpc) is 3.17. The average molecular weight is 288 g/mol. The summed E-state index contributed by atoms with van der Waals surface area (Å²) in [6, 6.07) is 6.44. The Bertz CT molecular complexity index is 653. The van der Waals surface area contributed by atoms with Crippen molar-refractivity contribution in [2.24, 2.45) is 13.0 Å². The number of benzene rings is 1. The maximum atomic E-state index is 13.2. The van der Waals surface area contributed by atoms with E-state index in [-0.39, 0.29) is 23.6 Å². The van der Waals surface area contributed by atoms with E-state index in [4.69, 9.17) is 4.74 Å². The van der Waals surface area contributed by atoms with Crippen LogP contribution in [0.15, 0.2) is 36.8 Å². The van der Waals surface area contributed by atoms with Crippen molar-refractivity contribution < 1.29 is 13.9 Å². The number of carbonyl (C=O) groups is 1. The third-order valence-corrected chi connectivity index (χ3v) is 3.89. The first kappa shape index (κ1) is 13.8. The molecule has 3 rings (SSSR count). The fraction of sp³-hybridized carbons (Fsp3) is 0.375. The van der Waals surface area contributed by atoms with E-state index < -0.39 is 0 Å². The van der Waals surface area contributed by atoms with Gasteiger partial charge in [-0.2, -0.15) is 0 Å². The molecule has 0 N–H and O–H groups in total. The number of carbonyl (C=O) groups excluding carboxylic acids is 1. The number of esters is 1. The van der Waals surface area contributed by atoms with Crippen LogP contribution in [0.5, 0.6) is 0 Å². The molecule has 1 aliphatic carbocycles. The van der Waals surface area contributed by atoms with Gasteiger partial charge in [-0.05, 0) is 30.0 Å². The summed E-state index contributed by atoms with van der Waals surface area (Å²) in [7, 11) is 1.91. The second-order valence-electron chi connectivity index (χ2n) is 5.42. The molecule has 1 aromatic heterocycles. The second kappa shape index (κ2) is 5.68. The number of aryl methyl sites for hydroxylation is 1. The Labute approximate surface area is 122 Å². The van der Waals surface area contributed by atoms with E-state index in [1.807, 2.05) is 17.7 Å². The lowest BCUT2D eigenvalue weighted by molar-refractivity contribution is -0.145. The van der Waals surface area contributed by atoms with E-state index in [1.54, 1.807) is 18.6 Å². The van der Waals surface area contributed by atoms with Crippen molar-refractivity contribution >= 4 is 5.97 Å². The van der Waals surface area contributed by atoms with Gasteiger partial charge in [-0.3, -0.25) is 4.79 Å². The highest BCUT2D eigenvalue weighted by Crippen LogP contribution is 2.48. The van der Waals surface area contributed by atoms with Gasteiger partial charge in [-0.15, -0.1) is 0 Å². The molecular formula is C16H17FN2O2. The molecule has 5 heteroatoms. The molecule has 1 aromatic carbocycles. The quantitative estimate of drug-likeness (QED) is 0.794. The molecule has 2 unspecified atom stereocenters. The van der Waals surface area contributed by atoms with Gasteiger partial charge in [0.15, 0.2) is 0 Å². The number of ether oxygens (including phenoxy) is 1. The molecule has 0 bridgehead atoms. The summed E-state index contributed by atoms with van der Waals surface area (Å²) >= 11 is 0. The molecule has 110 valence electrons. The standard InChI is InChI=1S/C16H17FN2O2/c1-19-10-18-9-13(19)5-6-21-16(20)15-8-14(15)11-3-2-4-12(17)7-11/h2-4,7,9-10,14-15H,5-6,8H2,1H3. The summed E-state index contributed by atoms with van der Waals surface area (Å²) in [5.41, 5.74) is 1.91. The van der Waals surface area contributed by atoms with Gasteiger partial charge in [-0.1, -0.05) is 12.1 Å². The van der Waals surface area contributed by atoms with Crippen LogP contribution in [-0.4, -0.2) is 22.1 Å². The van der Waals surface area contributed by atoms with Gasteiger partial charge in [0.1, 0.15) is 5.82 Å². The van der Waals surface area contributed by atoms with Crippen LogP contribution in [0, 0.1) is 11.7 Å². The molecular weight excluding hydrogens is 271 g/mol. The van der Waals surface area contributed by atoms with E-state index in [1.165, 1.54) is 12.1 Å². The fourth-order valence-corrected chi connectivity index (χ4v) is 2.55. The normalized spacial score (nSPS) is 20.3. The summed E-state index contributed by atoms with van der Waals surface area (Å²) in [4.78, 5) is 16.0. The fourth-order valence-electron chi connectivity index (χ4n) is 2.55. The monoisotopic (exact) mass is 288 g/mol. The van der Waals surface area contributed by atoms with E-state index in [0.29, 0.717) is 13.0 Å². The lowest BCUT2D eigenvalue weighted by Gasteiger charge is -2.05. The molecule has 0 amide bonds. The minimum absolute atomic E-state index is 0.102. The van der Waals surface area contributed by atoms with Crippen LogP contribution in [0.2, 0.25) is 0 Å². The zero-order chi connectivity index (χ0) is 14.8. The first-order chi connectivity index (χ1) is 10.1. The maximum absolute atomic E-state index is 13.2. The third kappa shape index (κ3) is 3.12. The highest BCUT2D eigenvalue weighted by molar-refractivity contribution is 5.77. The van der Waals surface area contributed by atoms with Crippen LogP contribution >= 0.6 is 0 Å². The predicted molar refractivity (Wildman–Crippen MR) is 75.1 cm³/mol. The topological polar surface area (TPSA) is 44.1 Å². The van der Waals surface area contributed by atoms with Crippen molar-refractivity contribution in [1.82, 2.24) is 9.55 Å². The Hall–Kier alpha value is -2.17. The summed E-state index contributed by atoms with van der Waals surface area (Å²) in [5, 5.41) is 0. The summed E-state index contributed by atoms with van der Waals surface area (Å²) in [5.74, 6) is -0.475. The lowest BCUT2D eigenvalue weighted by Crippen LogP contribution is -2.11. The van der Waals surface area contributed by atoms with Crippen molar-refractivity contribution in [3.63, 3.8) is 0 Å². The zero-order valence-corrected chi connectivity index (χ0v) is 11.8. The van der Waals surface area contributed by atoms with Crippen molar-refractivity contribution in [2.75, 3.05) is 6.61 Å². The van der Waals surface area contributed by atoms with E-state index >= 15 is 0 Å². The van der Waals surface area contributed by atoms with E-state index in [2.05, 4.69) is 4.98 Å². The highest BCUT2D eigenvalue weighted by Gasteiger charge is 2.45. The van der Waals surface area contributed by atoms with Gasteiger partial charge in [0.05, 0.1) is 18.9 Å². The number of halogens is 1. The summed E-state index contributed by atoms with van der Waals surface area (Å²) in [6.45, 7) is 0.352. The van der Waals surface area contributed by atoms with Gasteiger partial charge >= 0.3 is 5.97 Å². The van der Waals surface area contributed by atoms with Crippen LogP contribution in [0.3, 0.4) is 0 Å². The van der Waals surface area contributed by atoms with Crippen molar-refractivity contribution in [2.45, 2.75) is 18.8 Å². The number of aromatic nitrogens is 2. The van der Waals surface area contributed by atoms with Crippen LogP contribution in [0.25, 0.3) is 0 Å². The molecule has 1 saturated carbocycles. The van der Waals surface area contributed by atoms with Gasteiger partial charge < -0.3 is 9.30 Å². The second-order valence-corrected chi connectivity index (χ2v) is 5.42. The van der Waals surface area contributed by atoms with Crippen LogP contribution < -0.4 is 0 Å². The Morgan fingerprint density at radius 1 is 1.52 bits per heavy atom. The van der Waals surface area contributed by atoms with Gasteiger partial charge in [0.2, 0.25) is 0 Å². The lowest BCUT2D eigenvalue weighted by atomic mass is 10.1. The number of rotatable bonds is 5. The highest BCUT2D eigenvalue weighted by atomic mass is 19.1. The maximum Gasteiger partial charge on any atom is 0.309 e. The molecule has 1 aliphatic rings. The third-order valence-electron chi connectivity index (χ3n) is 3.89. The molecule has 21 heavy (non-hydrogen) atoms. The first-order valence-electron chi connectivity index (χ1n) is 7.02. The molecule has 0 radical (unpaired) electrons. The molecule has 2 aromatic rings. The smallest absolute Gasteiger partial charge is 0.309 e. The van der Waals surface area contributed by atoms with Crippen molar-refractivity contribution in [1.29, 1.82) is 0 Å². The Morgan fingerprint density at radius 2 is 2.38 bits per heavy atom. The van der Waals surface area contributed by atoms with Crippen LogP contribution in [0.1, 0.15) is 23.6 Å². The SMILES string of the molecule is Cn1cncc1CCOC(=O)C1CC1c1cccc(F)c1. The molecule has 0 saturated heterocycles. The minimum Gasteiger partial charge on any atom is -0.465 e. The molecule has 1 fully saturated rings. The Balaban J connectivity index is 1.48. The van der Waals surface area contributed by atoms with Crippen molar-refractivity contribution in [3.8, 4) is 0 Å². The largest absolute Gasteiger partial charge is 0.465 e. The predicted octanol–water partition coefficient (Wildman–Crippen LogP) is 2.45. The Kier molecular flexibility index (Phi) is 3.73. The molecule has 2 atom stereocenters. The van der Waals surface area contributed by atoms with Gasteiger partial charge in [-0.25, -0.2) is 9.37 Å². The molecule has 0 spiro atoms. The number of hydrogen-bond donors (Lipinski definition) is 0. The molecule has 1 heterocycles. The molecule has 4 nitrogen and oxygen atoms in total. The van der Waals surface area contributed by atoms with Gasteiger partial charge in [0.25, 0.3) is 0 Å². The van der Waals surface area contributed by atoms with Gasteiger partial charge in [0, 0.05) is 25.4 Å². The first-order valence-corrected chi connectivity index (χ1v) is 7.02. The number of hydrogen-bond acceptors (Lipinski definition) is 3. The van der Waals surface area contributed by atoms with E-state index in [9.17, 15) is 9.18 Å². The van der Waals surface area contributed by atoms with E-state index in [0.717, 1.165) is 17.7 Å². The van der Waals surface area contributed by atoms with Crippen LogP contribution in [0.4, 0.5) is 4.39 Å². The minimum atomic E-state index is -0.261. The van der Waals surface area contributed by atoms with Crippen LogP contribution in [-0.2, 0) is 23.0 Å². The summed E-state index contributed by atoms with van der Waals surface area (Å²) < 4.78 is 20.4. The zero-order valence-electron chi connectivity index (χ0n) is 11.8. The number of nitrogens with zero attached hydrogens (tertiary/aromatic N) is 2. The van der Waals surface area contributed by atoms with Crippen molar-refractivity contribution in [3.05, 3.63) is 53.9 Å².